The summed E-state index contributed by atoms with van der Waals surface area (Å²) < 4.78 is 0. The Morgan fingerprint density at radius 1 is 1.05 bits per heavy atom. The highest BCUT2D eigenvalue weighted by molar-refractivity contribution is 5.85. The minimum atomic E-state index is -0.108. The number of benzene rings is 1. The van der Waals surface area contributed by atoms with Crippen LogP contribution < -0.4 is 5.32 Å². The largest absolute Gasteiger partial charge is 0.317 e. The average Bonchev–Trinajstić information content (AvgIpc) is 2.64. The van der Waals surface area contributed by atoms with E-state index in [1.807, 2.05) is 6.92 Å². The van der Waals surface area contributed by atoms with Gasteiger partial charge in [0, 0.05) is 6.04 Å². The van der Waals surface area contributed by atoms with E-state index < -0.39 is 0 Å². The second kappa shape index (κ2) is 4.33. The van der Waals surface area contributed by atoms with Crippen LogP contribution in [0.3, 0.4) is 0 Å². The van der Waals surface area contributed by atoms with Crippen LogP contribution >= 0.6 is 0 Å². The molecule has 1 amide bonds. The maximum Gasteiger partial charge on any atom is 0.241 e. The zero-order valence-electron chi connectivity index (χ0n) is 13.9. The topological polar surface area (TPSA) is 32.3 Å². The maximum absolute atomic E-state index is 12.7. The molecule has 1 aliphatic carbocycles. The molecule has 1 saturated heterocycles. The second-order valence-corrected chi connectivity index (χ2v) is 7.79. The standard InChI is InChI=1S/C18H26N2O/c1-11-7-9-13(10-8-11)14-19-12(2)15(21)20(14)16-17(3,4)18(16,5)6/h7-10,12,14,16,19H,1-6H3. The normalized spacial score (nSPS) is 30.8. The second-order valence-electron chi connectivity index (χ2n) is 7.79. The lowest BCUT2D eigenvalue weighted by Crippen LogP contribution is -2.36. The van der Waals surface area contributed by atoms with E-state index >= 15 is 0 Å². The molecule has 114 valence electrons. The molecular weight excluding hydrogens is 260 g/mol. The van der Waals surface area contributed by atoms with E-state index in [0.29, 0.717) is 6.04 Å². The quantitative estimate of drug-likeness (QED) is 0.905. The van der Waals surface area contributed by atoms with Crippen molar-refractivity contribution < 1.29 is 4.79 Å². The lowest BCUT2D eigenvalue weighted by molar-refractivity contribution is -0.131. The van der Waals surface area contributed by atoms with Crippen LogP contribution in [-0.2, 0) is 4.79 Å². The van der Waals surface area contributed by atoms with E-state index in [9.17, 15) is 4.79 Å². The zero-order chi connectivity index (χ0) is 15.6. The average molecular weight is 286 g/mol. The Kier molecular flexibility index (Phi) is 3.00. The Morgan fingerprint density at radius 2 is 1.57 bits per heavy atom. The molecule has 1 aliphatic heterocycles. The van der Waals surface area contributed by atoms with Gasteiger partial charge in [-0.25, -0.2) is 0 Å². The van der Waals surface area contributed by atoms with Crippen molar-refractivity contribution >= 4 is 5.91 Å². The van der Waals surface area contributed by atoms with Crippen molar-refractivity contribution in [1.29, 1.82) is 0 Å². The summed E-state index contributed by atoms with van der Waals surface area (Å²) in [5.74, 6) is 0.226. The number of aryl methyl sites for hydroxylation is 1. The van der Waals surface area contributed by atoms with Crippen LogP contribution in [-0.4, -0.2) is 22.9 Å². The molecule has 1 saturated carbocycles. The summed E-state index contributed by atoms with van der Waals surface area (Å²) in [4.78, 5) is 14.8. The molecule has 1 aromatic carbocycles. The molecule has 3 rings (SSSR count). The third-order valence-electron chi connectivity index (χ3n) is 5.93. The molecule has 2 aliphatic rings. The van der Waals surface area contributed by atoms with Gasteiger partial charge in [-0.05, 0) is 30.2 Å². The lowest BCUT2D eigenvalue weighted by atomic mass is 10.0. The van der Waals surface area contributed by atoms with E-state index in [1.165, 1.54) is 11.1 Å². The Balaban J connectivity index is 1.97. The monoisotopic (exact) mass is 286 g/mol. The first kappa shape index (κ1) is 14.6. The fraction of sp³-hybridized carbons (Fsp3) is 0.611. The summed E-state index contributed by atoms with van der Waals surface area (Å²) in [5.41, 5.74) is 2.75. The van der Waals surface area contributed by atoms with Gasteiger partial charge in [-0.2, -0.15) is 0 Å². The molecule has 0 spiro atoms. The summed E-state index contributed by atoms with van der Waals surface area (Å²) in [6.07, 6.45) is -0.000787. The molecule has 2 atom stereocenters. The van der Waals surface area contributed by atoms with Crippen molar-refractivity contribution in [2.75, 3.05) is 0 Å². The molecule has 2 unspecified atom stereocenters. The molecular formula is C18H26N2O. The summed E-state index contributed by atoms with van der Waals surface area (Å²) in [6.45, 7) is 13.1. The van der Waals surface area contributed by atoms with Crippen molar-refractivity contribution in [3.05, 3.63) is 35.4 Å². The third kappa shape index (κ3) is 1.94. The predicted octanol–water partition coefficient (Wildman–Crippen LogP) is 3.25. The Hall–Kier alpha value is -1.35. The molecule has 21 heavy (non-hydrogen) atoms. The minimum absolute atomic E-state index is 0.000787. The zero-order valence-corrected chi connectivity index (χ0v) is 13.9. The van der Waals surface area contributed by atoms with Gasteiger partial charge in [-0.3, -0.25) is 10.1 Å². The highest BCUT2D eigenvalue weighted by atomic mass is 16.2. The first-order valence-corrected chi connectivity index (χ1v) is 7.82. The first-order valence-electron chi connectivity index (χ1n) is 7.82. The molecule has 2 fully saturated rings. The number of nitrogens with zero attached hydrogens (tertiary/aromatic N) is 1. The van der Waals surface area contributed by atoms with E-state index in [-0.39, 0.29) is 28.9 Å². The number of nitrogens with one attached hydrogen (secondary N) is 1. The number of amides is 1. The van der Waals surface area contributed by atoms with Crippen LogP contribution in [0.2, 0.25) is 0 Å². The molecule has 1 heterocycles. The van der Waals surface area contributed by atoms with Gasteiger partial charge in [0.15, 0.2) is 0 Å². The molecule has 3 nitrogen and oxygen atoms in total. The summed E-state index contributed by atoms with van der Waals surface area (Å²) in [5, 5.41) is 3.46. The third-order valence-corrected chi connectivity index (χ3v) is 5.93. The van der Waals surface area contributed by atoms with E-state index in [0.717, 1.165) is 0 Å². The van der Waals surface area contributed by atoms with Crippen molar-refractivity contribution in [2.24, 2.45) is 10.8 Å². The molecule has 0 aromatic heterocycles. The number of hydrogen-bond donors (Lipinski definition) is 1. The van der Waals surface area contributed by atoms with E-state index in [4.69, 9.17) is 0 Å². The van der Waals surface area contributed by atoms with Crippen molar-refractivity contribution in [2.45, 2.75) is 59.8 Å². The van der Waals surface area contributed by atoms with Crippen LogP contribution in [0.25, 0.3) is 0 Å². The molecule has 1 N–H and O–H groups in total. The van der Waals surface area contributed by atoms with Gasteiger partial charge in [0.2, 0.25) is 5.91 Å². The summed E-state index contributed by atoms with van der Waals surface area (Å²) in [6, 6.07) is 8.68. The maximum atomic E-state index is 12.7. The predicted molar refractivity (Wildman–Crippen MR) is 84.7 cm³/mol. The minimum Gasteiger partial charge on any atom is -0.317 e. The Bertz CT molecular complexity index is 559. The van der Waals surface area contributed by atoms with Crippen molar-refractivity contribution in [3.63, 3.8) is 0 Å². The number of carbonyl (C=O) groups excluding carboxylic acids is 1. The first-order chi connectivity index (χ1) is 9.68. The van der Waals surface area contributed by atoms with Crippen LogP contribution in [0.5, 0.6) is 0 Å². The molecule has 0 bridgehead atoms. The number of rotatable bonds is 2. The Morgan fingerprint density at radius 3 is 2.05 bits per heavy atom. The van der Waals surface area contributed by atoms with Crippen LogP contribution in [0.1, 0.15) is 51.9 Å². The van der Waals surface area contributed by atoms with Gasteiger partial charge in [0.1, 0.15) is 6.17 Å². The molecule has 3 heteroatoms. The van der Waals surface area contributed by atoms with Gasteiger partial charge >= 0.3 is 0 Å². The van der Waals surface area contributed by atoms with Gasteiger partial charge in [-0.1, -0.05) is 57.5 Å². The van der Waals surface area contributed by atoms with Crippen molar-refractivity contribution in [3.8, 4) is 0 Å². The van der Waals surface area contributed by atoms with Gasteiger partial charge in [-0.15, -0.1) is 0 Å². The van der Waals surface area contributed by atoms with E-state index in [1.54, 1.807) is 0 Å². The van der Waals surface area contributed by atoms with E-state index in [2.05, 4.69) is 69.1 Å². The lowest BCUT2D eigenvalue weighted by Gasteiger charge is -2.27. The Labute approximate surface area is 127 Å². The molecule has 1 aromatic rings. The van der Waals surface area contributed by atoms with Crippen LogP contribution in [0.4, 0.5) is 0 Å². The molecule has 0 radical (unpaired) electrons. The van der Waals surface area contributed by atoms with Crippen LogP contribution in [0, 0.1) is 17.8 Å². The smallest absolute Gasteiger partial charge is 0.241 e. The van der Waals surface area contributed by atoms with Gasteiger partial charge in [0.25, 0.3) is 0 Å². The summed E-state index contributed by atoms with van der Waals surface area (Å²) >= 11 is 0. The highest BCUT2D eigenvalue weighted by Crippen LogP contribution is 2.66. The van der Waals surface area contributed by atoms with Gasteiger partial charge in [0.05, 0.1) is 6.04 Å². The van der Waals surface area contributed by atoms with Crippen LogP contribution in [0.15, 0.2) is 24.3 Å². The fourth-order valence-electron chi connectivity index (χ4n) is 3.88. The SMILES string of the molecule is Cc1ccc(C2NC(C)C(=O)N2C2C(C)(C)C2(C)C)cc1. The van der Waals surface area contributed by atoms with Gasteiger partial charge < -0.3 is 4.90 Å². The number of hydrogen-bond acceptors (Lipinski definition) is 2. The highest BCUT2D eigenvalue weighted by Gasteiger charge is 2.70. The number of carbonyl (C=O) groups is 1. The van der Waals surface area contributed by atoms with Crippen molar-refractivity contribution in [1.82, 2.24) is 10.2 Å². The fourth-order valence-corrected chi connectivity index (χ4v) is 3.88. The summed E-state index contributed by atoms with van der Waals surface area (Å²) in [7, 11) is 0.